The van der Waals surface area contributed by atoms with Crippen molar-refractivity contribution in [3.8, 4) is 0 Å². The van der Waals surface area contributed by atoms with Crippen molar-refractivity contribution in [1.82, 2.24) is 9.88 Å². The summed E-state index contributed by atoms with van der Waals surface area (Å²) in [5.74, 6) is -0.495. The number of benzene rings is 1. The Bertz CT molecular complexity index is 700. The molecule has 0 unspecified atom stereocenters. The summed E-state index contributed by atoms with van der Waals surface area (Å²) < 4.78 is 1.27. The first kappa shape index (κ1) is 18.7. The zero-order valence-corrected chi connectivity index (χ0v) is 13.7. The Hall–Kier alpha value is -2.38. The number of halogens is 1. The van der Waals surface area contributed by atoms with Crippen LogP contribution in [0.3, 0.4) is 0 Å². The first-order valence-electron chi connectivity index (χ1n) is 6.94. The molecule has 0 radical (unpaired) electrons. The van der Waals surface area contributed by atoms with Gasteiger partial charge in [-0.05, 0) is 29.2 Å². The molecule has 0 aliphatic rings. The maximum atomic E-state index is 12.3. The molecule has 0 bridgehead atoms. The van der Waals surface area contributed by atoms with E-state index in [1.165, 1.54) is 23.7 Å². The highest BCUT2D eigenvalue weighted by molar-refractivity contribution is 6.03. The molecular formula is C15H19ClN4O3. The Morgan fingerprint density at radius 1 is 1.26 bits per heavy atom. The van der Waals surface area contributed by atoms with E-state index in [1.54, 1.807) is 0 Å². The molecule has 0 aliphatic carbocycles. The fraction of sp³-hybridized carbons (Fsp3) is 0.267. The van der Waals surface area contributed by atoms with Gasteiger partial charge in [0.15, 0.2) is 5.69 Å². The average molecular weight is 339 g/mol. The number of carbonyl (C=O) groups is 1. The minimum absolute atomic E-state index is 0. The van der Waals surface area contributed by atoms with Crippen LogP contribution in [0.25, 0.3) is 0 Å². The molecule has 1 heterocycles. The second-order valence-electron chi connectivity index (χ2n) is 4.78. The SMILES string of the molecule is CCNCc1ccccc1NC(=O)c1ccc([N+](=O)[O-])n1C.Cl. The van der Waals surface area contributed by atoms with Crippen molar-refractivity contribution in [1.29, 1.82) is 0 Å². The van der Waals surface area contributed by atoms with Crippen LogP contribution < -0.4 is 10.6 Å². The summed E-state index contributed by atoms with van der Waals surface area (Å²) in [4.78, 5) is 22.6. The quantitative estimate of drug-likeness (QED) is 0.626. The zero-order chi connectivity index (χ0) is 16.1. The molecule has 0 fully saturated rings. The van der Waals surface area contributed by atoms with Crippen LogP contribution in [-0.2, 0) is 13.6 Å². The number of rotatable bonds is 6. The number of nitrogens with zero attached hydrogens (tertiary/aromatic N) is 2. The third kappa shape index (κ3) is 4.30. The molecule has 1 aromatic heterocycles. The van der Waals surface area contributed by atoms with Crippen LogP contribution in [0, 0.1) is 10.1 Å². The number of aromatic nitrogens is 1. The Labute approximate surface area is 140 Å². The van der Waals surface area contributed by atoms with Crippen molar-refractivity contribution < 1.29 is 9.72 Å². The highest BCUT2D eigenvalue weighted by atomic mass is 35.5. The van der Waals surface area contributed by atoms with Gasteiger partial charge in [-0.2, -0.15) is 0 Å². The van der Waals surface area contributed by atoms with E-state index in [0.29, 0.717) is 12.2 Å². The van der Waals surface area contributed by atoms with Crippen molar-refractivity contribution in [3.05, 3.63) is 57.8 Å². The molecule has 8 heteroatoms. The Kier molecular flexibility index (Phi) is 6.74. The molecule has 2 rings (SSSR count). The van der Waals surface area contributed by atoms with Gasteiger partial charge in [-0.3, -0.25) is 4.79 Å². The van der Waals surface area contributed by atoms with E-state index < -0.39 is 4.92 Å². The van der Waals surface area contributed by atoms with Crippen molar-refractivity contribution in [3.63, 3.8) is 0 Å². The summed E-state index contributed by atoms with van der Waals surface area (Å²) in [5.41, 5.74) is 1.89. The molecule has 1 aromatic carbocycles. The Balaban J connectivity index is 0.00000264. The summed E-state index contributed by atoms with van der Waals surface area (Å²) in [5, 5.41) is 16.8. The summed E-state index contributed by atoms with van der Waals surface area (Å²) >= 11 is 0. The third-order valence-corrected chi connectivity index (χ3v) is 3.35. The van der Waals surface area contributed by atoms with Crippen LogP contribution in [0.15, 0.2) is 36.4 Å². The molecular weight excluding hydrogens is 320 g/mol. The van der Waals surface area contributed by atoms with Gasteiger partial charge in [0.1, 0.15) is 0 Å². The highest BCUT2D eigenvalue weighted by Crippen LogP contribution is 2.19. The fourth-order valence-electron chi connectivity index (χ4n) is 2.15. The van der Waals surface area contributed by atoms with E-state index >= 15 is 0 Å². The summed E-state index contributed by atoms with van der Waals surface area (Å²) in [6.45, 7) is 3.47. The van der Waals surface area contributed by atoms with E-state index in [-0.39, 0.29) is 29.8 Å². The molecule has 1 amide bonds. The maximum absolute atomic E-state index is 12.3. The maximum Gasteiger partial charge on any atom is 0.323 e. The van der Waals surface area contributed by atoms with Gasteiger partial charge >= 0.3 is 5.82 Å². The third-order valence-electron chi connectivity index (χ3n) is 3.35. The van der Waals surface area contributed by atoms with E-state index in [0.717, 1.165) is 12.1 Å². The van der Waals surface area contributed by atoms with Gasteiger partial charge in [-0.15, -0.1) is 12.4 Å². The topological polar surface area (TPSA) is 89.2 Å². The number of para-hydroxylation sites is 1. The summed E-state index contributed by atoms with van der Waals surface area (Å²) in [7, 11) is 1.50. The van der Waals surface area contributed by atoms with E-state index in [9.17, 15) is 14.9 Å². The van der Waals surface area contributed by atoms with Crippen LogP contribution in [0.1, 0.15) is 23.0 Å². The second kappa shape index (κ2) is 8.30. The molecule has 2 N–H and O–H groups in total. The highest BCUT2D eigenvalue weighted by Gasteiger charge is 2.21. The van der Waals surface area contributed by atoms with Crippen molar-refractivity contribution in [2.75, 3.05) is 11.9 Å². The lowest BCUT2D eigenvalue weighted by atomic mass is 10.1. The van der Waals surface area contributed by atoms with Crippen molar-refractivity contribution in [2.24, 2.45) is 7.05 Å². The van der Waals surface area contributed by atoms with Gasteiger partial charge in [-0.25, -0.2) is 4.57 Å². The predicted octanol–water partition coefficient (Wildman–Crippen LogP) is 2.72. The van der Waals surface area contributed by atoms with E-state index in [2.05, 4.69) is 10.6 Å². The van der Waals surface area contributed by atoms with Crippen molar-refractivity contribution >= 4 is 29.8 Å². The number of carbonyl (C=O) groups excluding carboxylic acids is 1. The largest absolute Gasteiger partial charge is 0.358 e. The van der Waals surface area contributed by atoms with Crippen LogP contribution >= 0.6 is 12.4 Å². The molecule has 23 heavy (non-hydrogen) atoms. The normalized spacial score (nSPS) is 10.0. The summed E-state index contributed by atoms with van der Waals surface area (Å²) in [6, 6.07) is 10.2. The number of hydrogen-bond acceptors (Lipinski definition) is 4. The molecule has 0 saturated carbocycles. The Morgan fingerprint density at radius 2 is 1.96 bits per heavy atom. The lowest BCUT2D eigenvalue weighted by Gasteiger charge is -2.10. The number of amides is 1. The number of anilines is 1. The molecule has 0 spiro atoms. The Morgan fingerprint density at radius 3 is 2.57 bits per heavy atom. The average Bonchev–Trinajstić information content (AvgIpc) is 2.88. The minimum atomic E-state index is -0.518. The smallest absolute Gasteiger partial charge is 0.323 e. The number of hydrogen-bond donors (Lipinski definition) is 2. The second-order valence-corrected chi connectivity index (χ2v) is 4.78. The number of nitro groups is 1. The van der Waals surface area contributed by atoms with Crippen LogP contribution in [-0.4, -0.2) is 21.9 Å². The summed E-state index contributed by atoms with van der Waals surface area (Å²) in [6.07, 6.45) is 0. The van der Waals surface area contributed by atoms with Gasteiger partial charge in [-0.1, -0.05) is 25.1 Å². The van der Waals surface area contributed by atoms with Gasteiger partial charge in [0, 0.05) is 18.3 Å². The van der Waals surface area contributed by atoms with Gasteiger partial charge in [0.2, 0.25) is 0 Å². The molecule has 0 atom stereocenters. The standard InChI is InChI=1S/C15H18N4O3.ClH/c1-3-16-10-11-6-4-5-7-12(11)17-15(20)13-8-9-14(18(13)2)19(21)22;/h4-9,16H,3,10H2,1-2H3,(H,17,20);1H. The first-order valence-corrected chi connectivity index (χ1v) is 6.94. The molecule has 0 aliphatic heterocycles. The predicted molar refractivity (Wildman–Crippen MR) is 91.1 cm³/mol. The lowest BCUT2D eigenvalue weighted by molar-refractivity contribution is -0.391. The first-order chi connectivity index (χ1) is 10.5. The van der Waals surface area contributed by atoms with Crippen LogP contribution in [0.5, 0.6) is 0 Å². The monoisotopic (exact) mass is 338 g/mol. The van der Waals surface area contributed by atoms with Crippen LogP contribution in [0.4, 0.5) is 11.5 Å². The minimum Gasteiger partial charge on any atom is -0.358 e. The number of nitrogens with one attached hydrogen (secondary N) is 2. The van der Waals surface area contributed by atoms with E-state index in [1.807, 2.05) is 31.2 Å². The lowest BCUT2D eigenvalue weighted by Crippen LogP contribution is -2.19. The van der Waals surface area contributed by atoms with Gasteiger partial charge < -0.3 is 20.7 Å². The molecule has 7 nitrogen and oxygen atoms in total. The molecule has 124 valence electrons. The molecule has 2 aromatic rings. The van der Waals surface area contributed by atoms with Gasteiger partial charge in [0.05, 0.1) is 7.05 Å². The zero-order valence-electron chi connectivity index (χ0n) is 12.9. The van der Waals surface area contributed by atoms with E-state index in [4.69, 9.17) is 0 Å². The van der Waals surface area contributed by atoms with Gasteiger partial charge in [0.25, 0.3) is 5.91 Å². The van der Waals surface area contributed by atoms with Crippen LogP contribution in [0.2, 0.25) is 0 Å². The molecule has 0 saturated heterocycles. The van der Waals surface area contributed by atoms with Crippen molar-refractivity contribution in [2.45, 2.75) is 13.5 Å². The fourth-order valence-corrected chi connectivity index (χ4v) is 2.15.